The highest BCUT2D eigenvalue weighted by molar-refractivity contribution is 5.87. The molecule has 0 saturated heterocycles. The number of hydrogen-bond donors (Lipinski definition) is 4. The summed E-state index contributed by atoms with van der Waals surface area (Å²) >= 11 is 0. The molecule has 0 fully saturated rings. The molecule has 2 aromatic carbocycles. The second kappa shape index (κ2) is 13.8. The van der Waals surface area contributed by atoms with Crippen LogP contribution in [0, 0.1) is 5.92 Å². The van der Waals surface area contributed by atoms with Crippen LogP contribution in [0.4, 0.5) is 10.5 Å². The Hall–Kier alpha value is -3.82. The summed E-state index contributed by atoms with van der Waals surface area (Å²) in [6.45, 7) is 5.59. The largest absolute Gasteiger partial charge is 0.497 e. The molecule has 0 aliphatic carbocycles. The molecule has 0 saturated carbocycles. The molecule has 0 bridgehead atoms. The number of methoxy groups -OCH3 is 1. The normalized spacial score (nSPS) is 13.4. The number of carbonyl (C=O) groups excluding carboxylic acids is 2. The zero-order valence-electron chi connectivity index (χ0n) is 20.3. The van der Waals surface area contributed by atoms with Crippen LogP contribution in [-0.4, -0.2) is 42.6 Å². The Labute approximate surface area is 205 Å². The van der Waals surface area contributed by atoms with Gasteiger partial charge >= 0.3 is 6.09 Å². The minimum atomic E-state index is -0.657. The van der Waals surface area contributed by atoms with Gasteiger partial charge in [-0.2, -0.15) is 0 Å². The van der Waals surface area contributed by atoms with Crippen molar-refractivity contribution >= 4 is 17.7 Å². The fraction of sp³-hybridized carbons (Fsp3) is 0.308. The summed E-state index contributed by atoms with van der Waals surface area (Å²) in [7, 11) is 1.56. The Balaban J connectivity index is 2.27. The fourth-order valence-electron chi connectivity index (χ4n) is 3.32. The Morgan fingerprint density at radius 2 is 1.63 bits per heavy atom. The second-order valence-electron chi connectivity index (χ2n) is 7.86. The number of aliphatic hydroxyl groups is 1. The van der Waals surface area contributed by atoms with Gasteiger partial charge in [-0.3, -0.25) is 15.3 Å². The van der Waals surface area contributed by atoms with Crippen LogP contribution in [0.5, 0.6) is 11.5 Å². The molecule has 35 heavy (non-hydrogen) atoms. The van der Waals surface area contributed by atoms with E-state index in [9.17, 15) is 9.59 Å². The molecule has 9 nitrogen and oxygen atoms in total. The molecule has 0 aliphatic heterocycles. The number of amides is 2. The van der Waals surface area contributed by atoms with Gasteiger partial charge in [0.1, 0.15) is 24.2 Å². The molecule has 2 aromatic rings. The minimum Gasteiger partial charge on any atom is -0.497 e. The second-order valence-corrected chi connectivity index (χ2v) is 7.86. The van der Waals surface area contributed by atoms with Crippen molar-refractivity contribution in [2.75, 3.05) is 25.6 Å². The first kappa shape index (κ1) is 27.4. The quantitative estimate of drug-likeness (QED) is 0.161. The van der Waals surface area contributed by atoms with Gasteiger partial charge in [-0.05, 0) is 61.4 Å². The highest BCUT2D eigenvalue weighted by atomic mass is 16.6. The fourth-order valence-corrected chi connectivity index (χ4v) is 3.32. The summed E-state index contributed by atoms with van der Waals surface area (Å²) in [5.74, 6) is 0.349. The molecule has 0 unspecified atom stereocenters. The Kier molecular flexibility index (Phi) is 10.8. The molecule has 4 N–H and O–H groups in total. The van der Waals surface area contributed by atoms with Crippen LogP contribution >= 0.6 is 0 Å². The van der Waals surface area contributed by atoms with Crippen molar-refractivity contribution in [3.05, 3.63) is 77.4 Å². The van der Waals surface area contributed by atoms with Crippen LogP contribution in [0.3, 0.4) is 0 Å². The average Bonchev–Trinajstić information content (AvgIpc) is 2.86. The van der Waals surface area contributed by atoms with E-state index in [2.05, 4.69) is 5.32 Å². The minimum absolute atomic E-state index is 0.0960. The molecule has 0 heterocycles. The third-order valence-corrected chi connectivity index (χ3v) is 5.24. The Bertz CT molecular complexity index is 1030. The van der Waals surface area contributed by atoms with Crippen LogP contribution in [0.25, 0.3) is 0 Å². The van der Waals surface area contributed by atoms with E-state index in [4.69, 9.17) is 24.5 Å². The van der Waals surface area contributed by atoms with Crippen LogP contribution < -0.4 is 20.3 Å². The maximum absolute atomic E-state index is 12.8. The summed E-state index contributed by atoms with van der Waals surface area (Å²) < 4.78 is 16.4. The zero-order valence-corrected chi connectivity index (χ0v) is 20.3. The van der Waals surface area contributed by atoms with E-state index < -0.39 is 18.1 Å². The van der Waals surface area contributed by atoms with Crippen molar-refractivity contribution in [1.82, 2.24) is 5.48 Å². The summed E-state index contributed by atoms with van der Waals surface area (Å²) in [5, 5.41) is 20.4. The van der Waals surface area contributed by atoms with Crippen LogP contribution in [0.1, 0.15) is 32.4 Å². The zero-order chi connectivity index (χ0) is 25.8. The highest BCUT2D eigenvalue weighted by Crippen LogP contribution is 2.33. The van der Waals surface area contributed by atoms with Gasteiger partial charge in [0.05, 0.1) is 13.7 Å². The molecular formula is C26H32N2O7. The standard InChI is InChI=1S/C26H32N2O7/c1-17(16-24(30)28-32)15-18(2)19(3)25(20-5-9-23(10-6-20)34-14-13-29)35-26(31)27-21-7-11-22(33-4)12-8-21/h5-12,15-16,19,25,29,32H,13-14H2,1-4H3,(H,27,31)(H,28,30)/b17-16+,18-15+/t19-,25-/m1/s1. The first-order valence-electron chi connectivity index (χ1n) is 11.0. The van der Waals surface area contributed by atoms with Gasteiger partial charge in [0, 0.05) is 17.7 Å². The van der Waals surface area contributed by atoms with Crippen LogP contribution in [-0.2, 0) is 9.53 Å². The maximum atomic E-state index is 12.8. The van der Waals surface area contributed by atoms with E-state index in [1.54, 1.807) is 74.1 Å². The van der Waals surface area contributed by atoms with E-state index in [0.717, 1.165) is 11.1 Å². The maximum Gasteiger partial charge on any atom is 0.412 e. The first-order valence-corrected chi connectivity index (χ1v) is 11.0. The van der Waals surface area contributed by atoms with Crippen molar-refractivity contribution in [3.8, 4) is 11.5 Å². The molecule has 9 heteroatoms. The van der Waals surface area contributed by atoms with E-state index in [0.29, 0.717) is 22.8 Å². The summed E-state index contributed by atoms with van der Waals surface area (Å²) in [5.41, 5.74) is 4.33. The van der Waals surface area contributed by atoms with Gasteiger partial charge in [-0.1, -0.05) is 30.7 Å². The van der Waals surface area contributed by atoms with Crippen molar-refractivity contribution < 1.29 is 34.1 Å². The lowest BCUT2D eigenvalue weighted by Crippen LogP contribution is -2.22. The summed E-state index contributed by atoms with van der Waals surface area (Å²) in [4.78, 5) is 24.2. The Morgan fingerprint density at radius 1 is 1.00 bits per heavy atom. The number of hydroxylamine groups is 1. The molecule has 0 spiro atoms. The van der Waals surface area contributed by atoms with Crippen molar-refractivity contribution in [2.24, 2.45) is 5.92 Å². The van der Waals surface area contributed by atoms with Gasteiger partial charge in [-0.25, -0.2) is 10.3 Å². The van der Waals surface area contributed by atoms with E-state index >= 15 is 0 Å². The number of nitrogens with one attached hydrogen (secondary N) is 2. The number of aliphatic hydroxyl groups excluding tert-OH is 1. The number of ether oxygens (including phenoxy) is 3. The number of carbonyl (C=O) groups is 2. The van der Waals surface area contributed by atoms with Crippen LogP contribution in [0.2, 0.25) is 0 Å². The monoisotopic (exact) mass is 484 g/mol. The molecule has 2 atom stereocenters. The molecule has 0 radical (unpaired) electrons. The van der Waals surface area contributed by atoms with Gasteiger partial charge in [0.15, 0.2) is 0 Å². The number of allylic oxidation sites excluding steroid dienone is 2. The molecule has 0 aliphatic rings. The SMILES string of the molecule is COc1ccc(NC(=O)O[C@@H](c2ccc(OCCO)cc2)[C@H](C)/C(C)=C/C(C)=C/C(=O)NO)cc1. The van der Waals surface area contributed by atoms with Gasteiger partial charge in [-0.15, -0.1) is 0 Å². The molecule has 2 amide bonds. The molecule has 0 aromatic heterocycles. The number of hydrogen-bond acceptors (Lipinski definition) is 7. The number of rotatable bonds is 11. The first-order chi connectivity index (χ1) is 16.8. The van der Waals surface area contributed by atoms with Gasteiger partial charge < -0.3 is 19.3 Å². The molecule has 2 rings (SSSR count). The molecule has 188 valence electrons. The van der Waals surface area contributed by atoms with E-state index in [-0.39, 0.29) is 19.1 Å². The van der Waals surface area contributed by atoms with Gasteiger partial charge in [0.2, 0.25) is 0 Å². The van der Waals surface area contributed by atoms with Crippen molar-refractivity contribution in [2.45, 2.75) is 26.9 Å². The molecular weight excluding hydrogens is 452 g/mol. The lowest BCUT2D eigenvalue weighted by molar-refractivity contribution is -0.124. The highest BCUT2D eigenvalue weighted by Gasteiger charge is 2.25. The lowest BCUT2D eigenvalue weighted by atomic mass is 9.90. The topological polar surface area (TPSA) is 126 Å². The van der Waals surface area contributed by atoms with Crippen molar-refractivity contribution in [3.63, 3.8) is 0 Å². The predicted molar refractivity (Wildman–Crippen MR) is 131 cm³/mol. The Morgan fingerprint density at radius 3 is 2.20 bits per heavy atom. The lowest BCUT2D eigenvalue weighted by Gasteiger charge is -2.26. The van der Waals surface area contributed by atoms with E-state index in [1.807, 2.05) is 13.8 Å². The summed E-state index contributed by atoms with van der Waals surface area (Å²) in [6.07, 6.45) is 1.76. The third kappa shape index (κ3) is 8.80. The number of anilines is 1. The van der Waals surface area contributed by atoms with Crippen molar-refractivity contribution in [1.29, 1.82) is 0 Å². The summed E-state index contributed by atoms with van der Waals surface area (Å²) in [6, 6.07) is 13.9. The van der Waals surface area contributed by atoms with Crippen LogP contribution in [0.15, 0.2) is 71.8 Å². The third-order valence-electron chi connectivity index (χ3n) is 5.24. The van der Waals surface area contributed by atoms with E-state index in [1.165, 1.54) is 6.08 Å². The number of benzene rings is 2. The smallest absolute Gasteiger partial charge is 0.412 e. The predicted octanol–water partition coefficient (Wildman–Crippen LogP) is 4.39. The van der Waals surface area contributed by atoms with Gasteiger partial charge in [0.25, 0.3) is 5.91 Å². The average molecular weight is 485 g/mol.